The number of fused-ring (bicyclic) bond motifs is 1. The molecular formula is C18H25N3O3. The van der Waals surface area contributed by atoms with Gasteiger partial charge in [-0.2, -0.15) is 0 Å². The number of rotatable bonds is 2. The Morgan fingerprint density at radius 1 is 1.42 bits per heavy atom. The van der Waals surface area contributed by atoms with Gasteiger partial charge in [0.1, 0.15) is 6.04 Å². The van der Waals surface area contributed by atoms with E-state index in [4.69, 9.17) is 0 Å². The van der Waals surface area contributed by atoms with Gasteiger partial charge in [-0.15, -0.1) is 0 Å². The minimum atomic E-state index is -0.826. The predicted molar refractivity (Wildman–Crippen MR) is 91.5 cm³/mol. The Morgan fingerprint density at radius 2 is 2.08 bits per heavy atom. The molecule has 1 fully saturated rings. The number of benzene rings is 1. The van der Waals surface area contributed by atoms with Gasteiger partial charge < -0.3 is 20.2 Å². The van der Waals surface area contributed by atoms with Gasteiger partial charge in [-0.25, -0.2) is 4.79 Å². The van der Waals surface area contributed by atoms with Crippen LogP contribution in [0.25, 0.3) is 0 Å². The Kier molecular flexibility index (Phi) is 4.25. The summed E-state index contributed by atoms with van der Waals surface area (Å²) < 4.78 is 0. The first kappa shape index (κ1) is 16.8. The second-order valence-electron chi connectivity index (χ2n) is 7.24. The van der Waals surface area contributed by atoms with Crippen LogP contribution < -0.4 is 5.32 Å². The molecule has 0 aromatic heterocycles. The Hall–Kier alpha value is -2.08. The van der Waals surface area contributed by atoms with Crippen LogP contribution in [0.2, 0.25) is 0 Å². The van der Waals surface area contributed by atoms with E-state index in [0.717, 1.165) is 17.7 Å². The van der Waals surface area contributed by atoms with E-state index >= 15 is 0 Å². The van der Waals surface area contributed by atoms with Gasteiger partial charge in [0, 0.05) is 5.69 Å². The van der Waals surface area contributed by atoms with Crippen LogP contribution in [-0.4, -0.2) is 51.6 Å². The zero-order chi connectivity index (χ0) is 17.5. The molecular weight excluding hydrogens is 306 g/mol. The van der Waals surface area contributed by atoms with Crippen molar-refractivity contribution in [2.45, 2.75) is 45.4 Å². The van der Waals surface area contributed by atoms with Crippen LogP contribution in [0.1, 0.15) is 32.8 Å². The van der Waals surface area contributed by atoms with Gasteiger partial charge in [0.2, 0.25) is 5.91 Å². The summed E-state index contributed by atoms with van der Waals surface area (Å²) in [5, 5.41) is 12.9. The van der Waals surface area contributed by atoms with Crippen molar-refractivity contribution in [3.05, 3.63) is 29.8 Å². The van der Waals surface area contributed by atoms with Crippen molar-refractivity contribution in [1.82, 2.24) is 9.80 Å². The SMILES string of the molecule is CCC(C)C1C(=O)Nc2ccccc2CN1C(=O)N1CC(C)(O)C1. The van der Waals surface area contributed by atoms with E-state index in [1.165, 1.54) is 0 Å². The number of nitrogens with zero attached hydrogens (tertiary/aromatic N) is 2. The zero-order valence-electron chi connectivity index (χ0n) is 14.5. The van der Waals surface area contributed by atoms with Gasteiger partial charge in [-0.1, -0.05) is 38.5 Å². The van der Waals surface area contributed by atoms with Crippen LogP contribution in [0.5, 0.6) is 0 Å². The second kappa shape index (κ2) is 6.09. The maximum atomic E-state index is 13.0. The summed E-state index contributed by atoms with van der Waals surface area (Å²) in [6.45, 7) is 6.73. The second-order valence-corrected chi connectivity index (χ2v) is 7.24. The Labute approximate surface area is 142 Å². The Bertz CT molecular complexity index is 651. The molecule has 2 aliphatic heterocycles. The molecule has 0 radical (unpaired) electrons. The summed E-state index contributed by atoms with van der Waals surface area (Å²) in [6, 6.07) is 6.89. The molecule has 1 aromatic rings. The number of hydrogen-bond acceptors (Lipinski definition) is 3. The highest BCUT2D eigenvalue weighted by atomic mass is 16.3. The van der Waals surface area contributed by atoms with Gasteiger partial charge in [0.25, 0.3) is 0 Å². The highest BCUT2D eigenvalue weighted by Gasteiger charge is 2.45. The van der Waals surface area contributed by atoms with Crippen LogP contribution in [0.3, 0.4) is 0 Å². The number of aliphatic hydroxyl groups is 1. The molecule has 0 spiro atoms. The van der Waals surface area contributed by atoms with Crippen molar-refractivity contribution in [2.24, 2.45) is 5.92 Å². The van der Waals surface area contributed by atoms with Crippen molar-refractivity contribution in [3.63, 3.8) is 0 Å². The third-order valence-electron chi connectivity index (χ3n) is 4.98. The molecule has 24 heavy (non-hydrogen) atoms. The molecule has 130 valence electrons. The van der Waals surface area contributed by atoms with E-state index in [1.807, 2.05) is 38.1 Å². The largest absolute Gasteiger partial charge is 0.386 e. The van der Waals surface area contributed by atoms with Crippen molar-refractivity contribution >= 4 is 17.6 Å². The number of nitrogens with one attached hydrogen (secondary N) is 1. The molecule has 3 amide bonds. The maximum absolute atomic E-state index is 13.0. The monoisotopic (exact) mass is 331 g/mol. The summed E-state index contributed by atoms with van der Waals surface area (Å²) in [5.41, 5.74) is 0.868. The lowest BCUT2D eigenvalue weighted by Crippen LogP contribution is -2.66. The first-order chi connectivity index (χ1) is 11.3. The number of likely N-dealkylation sites (tertiary alicyclic amines) is 1. The Balaban J connectivity index is 1.92. The van der Waals surface area contributed by atoms with E-state index in [2.05, 4.69) is 5.32 Å². The molecule has 6 heteroatoms. The zero-order valence-corrected chi connectivity index (χ0v) is 14.5. The molecule has 3 rings (SSSR count). The van der Waals surface area contributed by atoms with Crippen molar-refractivity contribution in [1.29, 1.82) is 0 Å². The average molecular weight is 331 g/mol. The normalized spacial score (nSPS) is 23.7. The standard InChI is InChI=1S/C18H25N3O3/c1-4-12(2)15-16(22)19-14-8-6-5-7-13(14)9-21(15)17(23)20-10-18(3,24)11-20/h5-8,12,15,24H,4,9-11H2,1-3H3,(H,19,22). The molecule has 2 N–H and O–H groups in total. The molecule has 1 saturated heterocycles. The quantitative estimate of drug-likeness (QED) is 0.871. The number of carbonyl (C=O) groups is 2. The number of amides is 3. The summed E-state index contributed by atoms with van der Waals surface area (Å²) in [7, 11) is 0. The summed E-state index contributed by atoms with van der Waals surface area (Å²) in [5.74, 6) is -0.0972. The molecule has 2 heterocycles. The highest BCUT2D eigenvalue weighted by molar-refractivity contribution is 5.99. The van der Waals surface area contributed by atoms with Crippen molar-refractivity contribution in [3.8, 4) is 0 Å². The number of para-hydroxylation sites is 1. The minimum Gasteiger partial charge on any atom is -0.386 e. The van der Waals surface area contributed by atoms with Crippen LogP contribution >= 0.6 is 0 Å². The van der Waals surface area contributed by atoms with Crippen molar-refractivity contribution < 1.29 is 14.7 Å². The van der Waals surface area contributed by atoms with Gasteiger partial charge in [-0.3, -0.25) is 4.79 Å². The first-order valence-electron chi connectivity index (χ1n) is 8.49. The number of hydrogen-bond donors (Lipinski definition) is 2. The molecule has 2 atom stereocenters. The minimum absolute atomic E-state index is 0.0463. The third kappa shape index (κ3) is 2.98. The fraction of sp³-hybridized carbons (Fsp3) is 0.556. The van der Waals surface area contributed by atoms with Crippen molar-refractivity contribution in [2.75, 3.05) is 18.4 Å². The summed E-state index contributed by atoms with van der Waals surface area (Å²) >= 11 is 0. The fourth-order valence-electron chi connectivity index (χ4n) is 3.48. The average Bonchev–Trinajstić information content (AvgIpc) is 2.66. The number of urea groups is 1. The molecule has 2 aliphatic rings. The first-order valence-corrected chi connectivity index (χ1v) is 8.49. The van der Waals surface area contributed by atoms with E-state index in [0.29, 0.717) is 19.6 Å². The molecule has 0 bridgehead atoms. The van der Waals surface area contributed by atoms with E-state index < -0.39 is 11.6 Å². The number of carbonyl (C=O) groups excluding carboxylic acids is 2. The number of β-amino-alcohol motifs (C(OH)–C–C–N with tert-alkyl or cyclic N) is 1. The van der Waals surface area contributed by atoms with Gasteiger partial charge in [-0.05, 0) is 24.5 Å². The topological polar surface area (TPSA) is 72.9 Å². The predicted octanol–water partition coefficient (Wildman–Crippen LogP) is 2.04. The number of anilines is 1. The van der Waals surface area contributed by atoms with Crippen LogP contribution in [0, 0.1) is 5.92 Å². The van der Waals surface area contributed by atoms with E-state index in [-0.39, 0.29) is 17.9 Å². The smallest absolute Gasteiger partial charge is 0.321 e. The highest BCUT2D eigenvalue weighted by Crippen LogP contribution is 2.30. The lowest BCUT2D eigenvalue weighted by atomic mass is 9.95. The van der Waals surface area contributed by atoms with E-state index in [1.54, 1.807) is 16.7 Å². The molecule has 2 unspecified atom stereocenters. The third-order valence-corrected chi connectivity index (χ3v) is 4.98. The van der Waals surface area contributed by atoms with Gasteiger partial charge >= 0.3 is 6.03 Å². The molecule has 0 saturated carbocycles. The molecule has 1 aromatic carbocycles. The Morgan fingerprint density at radius 3 is 2.71 bits per heavy atom. The lowest BCUT2D eigenvalue weighted by Gasteiger charge is -2.47. The summed E-state index contributed by atoms with van der Waals surface area (Å²) in [6.07, 6.45) is 0.802. The molecule has 6 nitrogen and oxygen atoms in total. The van der Waals surface area contributed by atoms with Crippen LogP contribution in [0.15, 0.2) is 24.3 Å². The summed E-state index contributed by atoms with van der Waals surface area (Å²) in [4.78, 5) is 29.0. The fourth-order valence-corrected chi connectivity index (χ4v) is 3.48. The van der Waals surface area contributed by atoms with Crippen LogP contribution in [-0.2, 0) is 11.3 Å². The van der Waals surface area contributed by atoms with E-state index in [9.17, 15) is 14.7 Å². The molecule has 0 aliphatic carbocycles. The van der Waals surface area contributed by atoms with Gasteiger partial charge in [0.05, 0.1) is 25.2 Å². The van der Waals surface area contributed by atoms with Crippen LogP contribution in [0.4, 0.5) is 10.5 Å². The van der Waals surface area contributed by atoms with Gasteiger partial charge in [0.15, 0.2) is 0 Å². The maximum Gasteiger partial charge on any atom is 0.321 e. The lowest BCUT2D eigenvalue weighted by molar-refractivity contribution is -0.123.